The number of rotatable bonds is 5. The minimum absolute atomic E-state index is 0. The van der Waals surface area contributed by atoms with Crippen molar-refractivity contribution in [2.45, 2.75) is 52.3 Å². The molecule has 142 valence electrons. The van der Waals surface area contributed by atoms with Crippen molar-refractivity contribution < 1.29 is 14.2 Å². The third-order valence-electron chi connectivity index (χ3n) is 5.37. The van der Waals surface area contributed by atoms with Crippen LogP contribution in [-0.2, 0) is 11.3 Å². The Kier molecular flexibility index (Phi) is 7.49. The lowest BCUT2D eigenvalue weighted by Crippen LogP contribution is -2.69. The van der Waals surface area contributed by atoms with E-state index in [2.05, 4.69) is 36.4 Å². The van der Waals surface area contributed by atoms with Crippen LogP contribution in [0.4, 0.5) is 4.39 Å². The molecule has 0 aliphatic heterocycles. The van der Waals surface area contributed by atoms with Crippen molar-refractivity contribution in [2.24, 2.45) is 10.4 Å². The molecule has 3 N–H and O–H groups in total. The first-order chi connectivity index (χ1) is 11.2. The number of phenols is 1. The second-order valence-corrected chi connectivity index (χ2v) is 7.04. The van der Waals surface area contributed by atoms with Crippen molar-refractivity contribution >= 4 is 29.9 Å². The number of hydrogen-bond donors (Lipinski definition) is 3. The Labute approximate surface area is 166 Å². The molecule has 1 aromatic rings. The van der Waals surface area contributed by atoms with Gasteiger partial charge in [-0.15, -0.1) is 24.0 Å². The fourth-order valence-corrected chi connectivity index (χ4v) is 3.03. The van der Waals surface area contributed by atoms with Crippen LogP contribution < -0.4 is 10.6 Å². The summed E-state index contributed by atoms with van der Waals surface area (Å²) >= 11 is 0. The van der Waals surface area contributed by atoms with Crippen LogP contribution >= 0.6 is 24.0 Å². The minimum atomic E-state index is -0.628. The number of benzene rings is 1. The van der Waals surface area contributed by atoms with Crippen LogP contribution in [0.2, 0.25) is 0 Å². The standard InChI is InChI=1S/C18H28FN3O2.HI/c1-6-20-16(21-11-12-7-8-14(23)13(19)9-12)22-15-10-18(4,24-5)17(15,2)3;/h7-9,15,23H,6,10-11H2,1-5H3,(H2,20,21,22);1H. The number of aromatic hydroxyl groups is 1. The normalized spacial score (nSPS) is 24.9. The van der Waals surface area contributed by atoms with Crippen LogP contribution in [0.25, 0.3) is 0 Å². The smallest absolute Gasteiger partial charge is 0.191 e. The maximum Gasteiger partial charge on any atom is 0.191 e. The van der Waals surface area contributed by atoms with Gasteiger partial charge in [0.05, 0.1) is 12.1 Å². The van der Waals surface area contributed by atoms with Gasteiger partial charge in [0.2, 0.25) is 0 Å². The van der Waals surface area contributed by atoms with Gasteiger partial charge in [-0.2, -0.15) is 0 Å². The molecule has 5 nitrogen and oxygen atoms in total. The largest absolute Gasteiger partial charge is 0.505 e. The molecule has 0 radical (unpaired) electrons. The van der Waals surface area contributed by atoms with Crippen LogP contribution in [-0.4, -0.2) is 36.4 Å². The van der Waals surface area contributed by atoms with E-state index in [-0.39, 0.29) is 46.8 Å². The molecule has 0 aromatic heterocycles. The van der Waals surface area contributed by atoms with E-state index >= 15 is 0 Å². The molecule has 1 aliphatic carbocycles. The predicted octanol–water partition coefficient (Wildman–Crippen LogP) is 3.41. The highest BCUT2D eigenvalue weighted by Gasteiger charge is 2.58. The van der Waals surface area contributed by atoms with E-state index in [1.807, 2.05) is 6.92 Å². The number of hydrogen-bond acceptors (Lipinski definition) is 3. The van der Waals surface area contributed by atoms with E-state index in [1.54, 1.807) is 13.2 Å². The first-order valence-electron chi connectivity index (χ1n) is 8.31. The van der Waals surface area contributed by atoms with Crippen molar-refractivity contribution in [1.29, 1.82) is 0 Å². The average Bonchev–Trinajstić information content (AvgIpc) is 2.55. The van der Waals surface area contributed by atoms with Crippen LogP contribution in [0.3, 0.4) is 0 Å². The third kappa shape index (κ3) is 4.55. The molecule has 0 bridgehead atoms. The molecule has 0 amide bonds. The molecule has 0 spiro atoms. The van der Waals surface area contributed by atoms with Gasteiger partial charge in [0, 0.05) is 25.1 Å². The van der Waals surface area contributed by atoms with Crippen LogP contribution in [0.1, 0.15) is 39.7 Å². The highest BCUT2D eigenvalue weighted by molar-refractivity contribution is 14.0. The Morgan fingerprint density at radius 3 is 2.60 bits per heavy atom. The molecule has 2 unspecified atom stereocenters. The van der Waals surface area contributed by atoms with Crippen molar-refractivity contribution in [3.63, 3.8) is 0 Å². The second-order valence-electron chi connectivity index (χ2n) is 7.04. The van der Waals surface area contributed by atoms with Gasteiger partial charge >= 0.3 is 0 Å². The Morgan fingerprint density at radius 1 is 1.40 bits per heavy atom. The van der Waals surface area contributed by atoms with Crippen molar-refractivity contribution in [2.75, 3.05) is 13.7 Å². The SMILES string of the molecule is CCNC(=NCc1ccc(O)c(F)c1)NC1CC(C)(OC)C1(C)C.I. The van der Waals surface area contributed by atoms with Gasteiger partial charge in [0.1, 0.15) is 0 Å². The Balaban J connectivity index is 0.00000312. The Bertz CT molecular complexity index is 624. The molecule has 0 heterocycles. The Hall–Kier alpha value is -1.09. The highest BCUT2D eigenvalue weighted by Crippen LogP contribution is 2.51. The summed E-state index contributed by atoms with van der Waals surface area (Å²) in [5.74, 6) is -0.276. The zero-order valence-corrected chi connectivity index (χ0v) is 17.8. The van der Waals surface area contributed by atoms with Crippen molar-refractivity contribution in [3.8, 4) is 5.75 Å². The lowest BCUT2D eigenvalue weighted by atomic mass is 9.56. The average molecular weight is 465 g/mol. The number of nitrogens with zero attached hydrogens (tertiary/aromatic N) is 1. The molecule has 25 heavy (non-hydrogen) atoms. The van der Waals surface area contributed by atoms with Crippen LogP contribution in [0, 0.1) is 11.2 Å². The summed E-state index contributed by atoms with van der Waals surface area (Å²) in [5, 5.41) is 15.9. The first-order valence-corrected chi connectivity index (χ1v) is 8.31. The topological polar surface area (TPSA) is 65.9 Å². The monoisotopic (exact) mass is 465 g/mol. The fourth-order valence-electron chi connectivity index (χ4n) is 3.03. The number of phenolic OH excluding ortho intramolecular Hbond substituents is 1. The lowest BCUT2D eigenvalue weighted by molar-refractivity contribution is -0.176. The summed E-state index contributed by atoms with van der Waals surface area (Å²) < 4.78 is 19.1. The summed E-state index contributed by atoms with van der Waals surface area (Å²) in [7, 11) is 1.75. The number of nitrogens with one attached hydrogen (secondary N) is 2. The van der Waals surface area contributed by atoms with E-state index in [0.29, 0.717) is 18.1 Å². The Morgan fingerprint density at radius 2 is 2.08 bits per heavy atom. The van der Waals surface area contributed by atoms with E-state index < -0.39 is 5.82 Å². The molecule has 1 aliphatic rings. The highest BCUT2D eigenvalue weighted by atomic mass is 127. The van der Waals surface area contributed by atoms with E-state index in [9.17, 15) is 9.50 Å². The number of methoxy groups -OCH3 is 1. The summed E-state index contributed by atoms with van der Waals surface area (Å²) in [6, 6.07) is 4.56. The second kappa shape index (κ2) is 8.53. The molecule has 2 atom stereocenters. The number of ether oxygens (including phenoxy) is 1. The van der Waals surface area contributed by atoms with Gasteiger partial charge in [-0.25, -0.2) is 9.38 Å². The number of aliphatic imine (C=N–C) groups is 1. The maximum absolute atomic E-state index is 13.4. The van der Waals surface area contributed by atoms with Crippen LogP contribution in [0.5, 0.6) is 5.75 Å². The van der Waals surface area contributed by atoms with Gasteiger partial charge in [-0.3, -0.25) is 0 Å². The van der Waals surface area contributed by atoms with Gasteiger partial charge in [-0.05, 0) is 38.0 Å². The molecule has 7 heteroatoms. The molecule has 1 fully saturated rings. The van der Waals surface area contributed by atoms with E-state index in [0.717, 1.165) is 13.0 Å². The zero-order valence-electron chi connectivity index (χ0n) is 15.5. The molecule has 1 saturated carbocycles. The maximum atomic E-state index is 13.4. The molecule has 0 saturated heterocycles. The number of guanidine groups is 1. The van der Waals surface area contributed by atoms with Gasteiger partial charge < -0.3 is 20.5 Å². The predicted molar refractivity (Wildman–Crippen MR) is 109 cm³/mol. The summed E-state index contributed by atoms with van der Waals surface area (Å²) in [6.07, 6.45) is 0.898. The fraction of sp³-hybridized carbons (Fsp3) is 0.611. The van der Waals surface area contributed by atoms with E-state index in [1.165, 1.54) is 12.1 Å². The molecule has 1 aromatic carbocycles. The number of halogens is 2. The lowest BCUT2D eigenvalue weighted by Gasteiger charge is -2.59. The van der Waals surface area contributed by atoms with Crippen molar-refractivity contribution in [1.82, 2.24) is 10.6 Å². The molecular weight excluding hydrogens is 436 g/mol. The van der Waals surface area contributed by atoms with Crippen molar-refractivity contribution in [3.05, 3.63) is 29.6 Å². The van der Waals surface area contributed by atoms with Gasteiger partial charge in [0.15, 0.2) is 17.5 Å². The molecule has 2 rings (SSSR count). The van der Waals surface area contributed by atoms with Crippen LogP contribution in [0.15, 0.2) is 23.2 Å². The first kappa shape index (κ1) is 22.0. The zero-order chi connectivity index (χ0) is 18.0. The van der Waals surface area contributed by atoms with Gasteiger partial charge in [-0.1, -0.05) is 19.9 Å². The quantitative estimate of drug-likeness (QED) is 0.355. The molecular formula is C18H29FIN3O2. The summed E-state index contributed by atoms with van der Waals surface area (Å²) in [6.45, 7) is 9.55. The van der Waals surface area contributed by atoms with E-state index in [4.69, 9.17) is 4.74 Å². The summed E-state index contributed by atoms with van der Waals surface area (Å²) in [4.78, 5) is 4.52. The minimum Gasteiger partial charge on any atom is -0.505 e. The third-order valence-corrected chi connectivity index (χ3v) is 5.37. The summed E-state index contributed by atoms with van der Waals surface area (Å²) in [5.41, 5.74) is 0.530. The van der Waals surface area contributed by atoms with Gasteiger partial charge in [0.25, 0.3) is 0 Å².